The molecular weight excluding hydrogens is 308 g/mol. The number of fused-ring (bicyclic) bond motifs is 1. The monoisotopic (exact) mass is 330 g/mol. The van der Waals surface area contributed by atoms with Crippen molar-refractivity contribution in [2.75, 3.05) is 6.54 Å². The third-order valence-electron chi connectivity index (χ3n) is 5.16. The smallest absolute Gasteiger partial charge is 0.255 e. The standard InChI is InChI=1S/C22H22N2O/c1-16-8-3-5-10-18(16)21-20-12-7-13-23(20)14-15-24(21)22(25)19-11-6-4-9-17(19)2/h3-13,21H,14-15H2,1-2H3. The van der Waals surface area contributed by atoms with Crippen LogP contribution in [-0.4, -0.2) is 21.9 Å². The van der Waals surface area contributed by atoms with E-state index >= 15 is 0 Å². The molecule has 1 atom stereocenters. The van der Waals surface area contributed by atoms with Crippen LogP contribution in [0.1, 0.15) is 38.8 Å². The van der Waals surface area contributed by atoms with E-state index in [1.165, 1.54) is 16.8 Å². The molecule has 4 rings (SSSR count). The zero-order chi connectivity index (χ0) is 17.4. The molecule has 0 saturated heterocycles. The maximum Gasteiger partial charge on any atom is 0.255 e. The quantitative estimate of drug-likeness (QED) is 0.686. The second kappa shape index (κ2) is 6.25. The van der Waals surface area contributed by atoms with Crippen LogP contribution >= 0.6 is 0 Å². The van der Waals surface area contributed by atoms with Crippen LogP contribution in [0.5, 0.6) is 0 Å². The Labute approximate surface area is 148 Å². The van der Waals surface area contributed by atoms with Crippen LogP contribution in [0, 0.1) is 13.8 Å². The number of aryl methyl sites for hydroxylation is 2. The van der Waals surface area contributed by atoms with E-state index in [9.17, 15) is 4.79 Å². The molecule has 1 aliphatic rings. The van der Waals surface area contributed by atoms with E-state index in [0.29, 0.717) is 6.54 Å². The molecule has 0 aliphatic carbocycles. The molecule has 2 aromatic carbocycles. The first-order chi connectivity index (χ1) is 12.2. The molecule has 2 heterocycles. The van der Waals surface area contributed by atoms with Gasteiger partial charge in [-0.1, -0.05) is 42.5 Å². The van der Waals surface area contributed by atoms with Crippen LogP contribution in [0.4, 0.5) is 0 Å². The number of hydrogen-bond acceptors (Lipinski definition) is 1. The summed E-state index contributed by atoms with van der Waals surface area (Å²) in [6.07, 6.45) is 2.11. The Morgan fingerprint density at radius 2 is 1.60 bits per heavy atom. The molecular formula is C22H22N2O. The first kappa shape index (κ1) is 15.7. The van der Waals surface area contributed by atoms with E-state index < -0.39 is 0 Å². The molecule has 1 aliphatic heterocycles. The summed E-state index contributed by atoms with van der Waals surface area (Å²) >= 11 is 0. The van der Waals surface area contributed by atoms with E-state index in [0.717, 1.165) is 17.7 Å². The van der Waals surface area contributed by atoms with Crippen molar-refractivity contribution in [3.8, 4) is 0 Å². The van der Waals surface area contributed by atoms with Gasteiger partial charge in [-0.15, -0.1) is 0 Å². The lowest BCUT2D eigenvalue weighted by Crippen LogP contribution is -2.42. The van der Waals surface area contributed by atoms with Gasteiger partial charge in [0.25, 0.3) is 5.91 Å². The fourth-order valence-electron chi connectivity index (χ4n) is 3.79. The Morgan fingerprint density at radius 3 is 2.36 bits per heavy atom. The normalized spacial score (nSPS) is 16.6. The van der Waals surface area contributed by atoms with Crippen molar-refractivity contribution < 1.29 is 4.79 Å². The summed E-state index contributed by atoms with van der Waals surface area (Å²) in [6, 6.07) is 20.4. The average Bonchev–Trinajstić information content (AvgIpc) is 3.10. The summed E-state index contributed by atoms with van der Waals surface area (Å²) in [6.45, 7) is 5.67. The fraction of sp³-hybridized carbons (Fsp3) is 0.227. The zero-order valence-electron chi connectivity index (χ0n) is 14.6. The van der Waals surface area contributed by atoms with Gasteiger partial charge >= 0.3 is 0 Å². The van der Waals surface area contributed by atoms with Crippen molar-refractivity contribution in [3.63, 3.8) is 0 Å². The summed E-state index contributed by atoms with van der Waals surface area (Å²) in [7, 11) is 0. The molecule has 0 spiro atoms. The van der Waals surface area contributed by atoms with Crippen molar-refractivity contribution in [2.45, 2.75) is 26.4 Å². The van der Waals surface area contributed by atoms with Gasteiger partial charge in [-0.2, -0.15) is 0 Å². The van der Waals surface area contributed by atoms with Crippen molar-refractivity contribution in [1.29, 1.82) is 0 Å². The van der Waals surface area contributed by atoms with Crippen LogP contribution in [0.25, 0.3) is 0 Å². The van der Waals surface area contributed by atoms with E-state index in [-0.39, 0.29) is 11.9 Å². The predicted octanol–water partition coefficient (Wildman–Crippen LogP) is 4.35. The average molecular weight is 330 g/mol. The molecule has 1 aromatic heterocycles. The van der Waals surface area contributed by atoms with Crippen molar-refractivity contribution in [2.24, 2.45) is 0 Å². The molecule has 3 aromatic rings. The molecule has 0 bridgehead atoms. The maximum absolute atomic E-state index is 13.4. The highest BCUT2D eigenvalue weighted by Crippen LogP contribution is 2.35. The Kier molecular flexibility index (Phi) is 3.92. The molecule has 3 nitrogen and oxygen atoms in total. The Bertz CT molecular complexity index is 925. The maximum atomic E-state index is 13.4. The number of rotatable bonds is 2. The highest BCUT2D eigenvalue weighted by atomic mass is 16.2. The van der Waals surface area contributed by atoms with Crippen LogP contribution in [0.15, 0.2) is 66.9 Å². The van der Waals surface area contributed by atoms with E-state index in [2.05, 4.69) is 48.0 Å². The minimum absolute atomic E-state index is 0.0444. The molecule has 25 heavy (non-hydrogen) atoms. The molecule has 0 radical (unpaired) electrons. The molecule has 1 amide bonds. The largest absolute Gasteiger partial charge is 0.348 e. The molecule has 126 valence electrons. The first-order valence-electron chi connectivity index (χ1n) is 8.74. The second-order valence-electron chi connectivity index (χ2n) is 6.70. The molecule has 0 fully saturated rings. The van der Waals surface area contributed by atoms with Gasteiger partial charge in [-0.3, -0.25) is 4.79 Å². The van der Waals surface area contributed by atoms with E-state index in [4.69, 9.17) is 0 Å². The summed E-state index contributed by atoms with van der Waals surface area (Å²) in [5.41, 5.74) is 5.41. The minimum atomic E-state index is -0.0444. The topological polar surface area (TPSA) is 25.2 Å². The Hall–Kier alpha value is -2.81. The van der Waals surface area contributed by atoms with E-state index in [1.807, 2.05) is 42.2 Å². The van der Waals surface area contributed by atoms with Crippen molar-refractivity contribution >= 4 is 5.91 Å². The van der Waals surface area contributed by atoms with E-state index in [1.54, 1.807) is 0 Å². The SMILES string of the molecule is Cc1ccccc1C(=O)N1CCn2cccc2C1c1ccccc1C. The van der Waals surface area contributed by atoms with Gasteiger partial charge in [-0.25, -0.2) is 0 Å². The van der Waals surface area contributed by atoms with Gasteiger partial charge in [0.05, 0.1) is 6.04 Å². The van der Waals surface area contributed by atoms with Gasteiger partial charge in [0, 0.05) is 30.5 Å². The number of aromatic nitrogens is 1. The number of benzene rings is 2. The summed E-state index contributed by atoms with van der Waals surface area (Å²) in [4.78, 5) is 15.4. The number of hydrogen-bond donors (Lipinski definition) is 0. The third-order valence-corrected chi connectivity index (χ3v) is 5.16. The van der Waals surface area contributed by atoms with Gasteiger partial charge < -0.3 is 9.47 Å². The molecule has 0 saturated carbocycles. The number of carbonyl (C=O) groups is 1. The number of nitrogens with zero attached hydrogens (tertiary/aromatic N) is 2. The lowest BCUT2D eigenvalue weighted by molar-refractivity contribution is 0.0663. The van der Waals surface area contributed by atoms with Gasteiger partial charge in [-0.05, 0) is 48.7 Å². The van der Waals surface area contributed by atoms with Gasteiger partial charge in [0.1, 0.15) is 0 Å². The van der Waals surface area contributed by atoms with Crippen LogP contribution in [-0.2, 0) is 6.54 Å². The number of amides is 1. The van der Waals surface area contributed by atoms with Crippen LogP contribution < -0.4 is 0 Å². The summed E-state index contributed by atoms with van der Waals surface area (Å²) < 4.78 is 2.26. The van der Waals surface area contributed by atoms with Crippen LogP contribution in [0.2, 0.25) is 0 Å². The van der Waals surface area contributed by atoms with Gasteiger partial charge in [0.2, 0.25) is 0 Å². The zero-order valence-corrected chi connectivity index (χ0v) is 14.6. The minimum Gasteiger partial charge on any atom is -0.348 e. The molecule has 1 unspecified atom stereocenters. The summed E-state index contributed by atoms with van der Waals surface area (Å²) in [5.74, 6) is 0.110. The Morgan fingerprint density at radius 1 is 0.880 bits per heavy atom. The summed E-state index contributed by atoms with van der Waals surface area (Å²) in [5, 5.41) is 0. The molecule has 0 N–H and O–H groups in total. The third kappa shape index (κ3) is 2.66. The Balaban J connectivity index is 1.83. The highest BCUT2D eigenvalue weighted by molar-refractivity contribution is 5.96. The van der Waals surface area contributed by atoms with Crippen molar-refractivity contribution in [1.82, 2.24) is 9.47 Å². The second-order valence-corrected chi connectivity index (χ2v) is 6.70. The van der Waals surface area contributed by atoms with Crippen LogP contribution in [0.3, 0.4) is 0 Å². The highest BCUT2D eigenvalue weighted by Gasteiger charge is 2.33. The van der Waals surface area contributed by atoms with Gasteiger partial charge in [0.15, 0.2) is 0 Å². The number of carbonyl (C=O) groups excluding carboxylic acids is 1. The predicted molar refractivity (Wildman–Crippen MR) is 99.7 cm³/mol. The van der Waals surface area contributed by atoms with Crippen molar-refractivity contribution in [3.05, 3.63) is 94.8 Å². The molecule has 3 heteroatoms. The fourth-order valence-corrected chi connectivity index (χ4v) is 3.79. The lowest BCUT2D eigenvalue weighted by atomic mass is 9.94. The first-order valence-corrected chi connectivity index (χ1v) is 8.74. The lowest BCUT2D eigenvalue weighted by Gasteiger charge is -2.38.